The highest BCUT2D eigenvalue weighted by Crippen LogP contribution is 2.13. The van der Waals surface area contributed by atoms with Crippen LogP contribution in [0.15, 0.2) is 30.3 Å². The van der Waals surface area contributed by atoms with Crippen LogP contribution in [0.4, 0.5) is 0 Å². The highest BCUT2D eigenvalue weighted by molar-refractivity contribution is 5.93. The Hall–Kier alpha value is -1.61. The minimum atomic E-state index is 0.139. The Morgan fingerprint density at radius 1 is 1.26 bits per heavy atom. The van der Waals surface area contributed by atoms with Crippen LogP contribution < -0.4 is 4.74 Å². The Morgan fingerprint density at radius 2 is 1.95 bits per heavy atom. The van der Waals surface area contributed by atoms with E-state index in [4.69, 9.17) is 9.47 Å². The molecule has 0 aliphatic rings. The zero-order chi connectivity index (χ0) is 14.1. The molecule has 0 bridgehead atoms. The van der Waals surface area contributed by atoms with Crippen molar-refractivity contribution in [2.75, 3.05) is 20.8 Å². The number of carbonyl (C=O) groups is 1. The quantitative estimate of drug-likeness (QED) is 0.674. The number of allylic oxidation sites excluding steroid dienone is 1. The van der Waals surface area contributed by atoms with Crippen molar-refractivity contribution < 1.29 is 14.3 Å². The Morgan fingerprint density at radius 3 is 2.47 bits per heavy atom. The van der Waals surface area contributed by atoms with Gasteiger partial charge in [0.1, 0.15) is 5.75 Å². The number of hydrogen-bond donors (Lipinski definition) is 0. The Bertz CT molecular complexity index is 407. The van der Waals surface area contributed by atoms with E-state index in [-0.39, 0.29) is 5.78 Å². The second-order valence-corrected chi connectivity index (χ2v) is 4.51. The molecule has 0 aliphatic carbocycles. The number of hydrogen-bond acceptors (Lipinski definition) is 3. The van der Waals surface area contributed by atoms with E-state index in [2.05, 4.69) is 6.92 Å². The molecule has 19 heavy (non-hydrogen) atoms. The number of carbonyl (C=O) groups excluding carboxylic acids is 1. The van der Waals surface area contributed by atoms with Crippen molar-refractivity contribution in [3.05, 3.63) is 35.9 Å². The van der Waals surface area contributed by atoms with E-state index in [9.17, 15) is 4.79 Å². The lowest BCUT2D eigenvalue weighted by Gasteiger charge is -2.10. The van der Waals surface area contributed by atoms with Gasteiger partial charge < -0.3 is 9.47 Å². The summed E-state index contributed by atoms with van der Waals surface area (Å²) in [5.41, 5.74) is 0.994. The molecule has 3 nitrogen and oxygen atoms in total. The molecule has 1 unspecified atom stereocenters. The highest BCUT2D eigenvalue weighted by Gasteiger charge is 2.09. The molecule has 3 heteroatoms. The fourth-order valence-corrected chi connectivity index (χ4v) is 1.81. The fraction of sp³-hybridized carbons (Fsp3) is 0.438. The van der Waals surface area contributed by atoms with Gasteiger partial charge in [-0.3, -0.25) is 4.79 Å². The normalized spacial score (nSPS) is 12.6. The minimum Gasteiger partial charge on any atom is -0.497 e. The van der Waals surface area contributed by atoms with Gasteiger partial charge in [0.2, 0.25) is 0 Å². The van der Waals surface area contributed by atoms with Crippen molar-refractivity contribution in [1.29, 1.82) is 0 Å². The number of rotatable bonds is 8. The summed E-state index contributed by atoms with van der Waals surface area (Å²) in [5, 5.41) is 0. The zero-order valence-corrected chi connectivity index (χ0v) is 11.9. The molecule has 0 saturated heterocycles. The van der Waals surface area contributed by atoms with Crippen LogP contribution in [0, 0.1) is 5.92 Å². The summed E-state index contributed by atoms with van der Waals surface area (Å²) in [4.78, 5) is 11.8. The van der Waals surface area contributed by atoms with E-state index in [0.717, 1.165) is 17.7 Å². The van der Waals surface area contributed by atoms with Crippen LogP contribution >= 0.6 is 0 Å². The predicted octanol–water partition coefficient (Wildman–Crippen LogP) is 3.34. The summed E-state index contributed by atoms with van der Waals surface area (Å²) in [6.07, 6.45) is 4.97. The van der Waals surface area contributed by atoms with Crippen LogP contribution in [0.3, 0.4) is 0 Å². The maximum Gasteiger partial charge on any atom is 0.156 e. The molecule has 104 valence electrons. The van der Waals surface area contributed by atoms with Crippen LogP contribution in [0.25, 0.3) is 6.08 Å². The largest absolute Gasteiger partial charge is 0.497 e. The molecule has 0 aliphatic heterocycles. The number of ether oxygens (including phenoxy) is 2. The second-order valence-electron chi connectivity index (χ2n) is 4.51. The van der Waals surface area contributed by atoms with Gasteiger partial charge in [-0.1, -0.05) is 31.6 Å². The fourth-order valence-electron chi connectivity index (χ4n) is 1.81. The van der Waals surface area contributed by atoms with Crippen LogP contribution in [0.2, 0.25) is 0 Å². The third-order valence-electron chi connectivity index (χ3n) is 3.05. The van der Waals surface area contributed by atoms with E-state index in [1.54, 1.807) is 20.3 Å². The van der Waals surface area contributed by atoms with E-state index in [0.29, 0.717) is 18.9 Å². The molecule has 1 rings (SSSR count). The smallest absolute Gasteiger partial charge is 0.156 e. The number of ketones is 1. The van der Waals surface area contributed by atoms with Crippen LogP contribution in [0.1, 0.15) is 25.3 Å². The maximum absolute atomic E-state index is 11.8. The zero-order valence-electron chi connectivity index (χ0n) is 11.9. The first kappa shape index (κ1) is 15.4. The number of benzene rings is 1. The van der Waals surface area contributed by atoms with Crippen molar-refractivity contribution in [3.8, 4) is 5.75 Å². The Balaban J connectivity index is 2.52. The predicted molar refractivity (Wildman–Crippen MR) is 77.3 cm³/mol. The summed E-state index contributed by atoms with van der Waals surface area (Å²) < 4.78 is 10.2. The number of methoxy groups -OCH3 is 2. The molecular weight excluding hydrogens is 240 g/mol. The van der Waals surface area contributed by atoms with Gasteiger partial charge in [0.05, 0.1) is 7.11 Å². The van der Waals surface area contributed by atoms with Crippen LogP contribution in [-0.2, 0) is 9.53 Å². The molecule has 0 heterocycles. The lowest BCUT2D eigenvalue weighted by Crippen LogP contribution is -2.11. The molecule has 1 atom stereocenters. The molecule has 0 N–H and O–H groups in total. The van der Waals surface area contributed by atoms with Gasteiger partial charge in [-0.25, -0.2) is 0 Å². The topological polar surface area (TPSA) is 35.5 Å². The molecular formula is C16H22O3. The minimum absolute atomic E-state index is 0.139. The standard InChI is InChI=1S/C16H22O3/c1-4-13(12-18-2)11-15(17)8-5-14-6-9-16(19-3)10-7-14/h5-10,13H,4,11-12H2,1-3H3/b8-5+. The molecule has 0 fully saturated rings. The molecule has 0 saturated carbocycles. The Labute approximate surface area is 115 Å². The van der Waals surface area contributed by atoms with Gasteiger partial charge in [0.25, 0.3) is 0 Å². The first-order chi connectivity index (χ1) is 9.19. The molecule has 0 radical (unpaired) electrons. The third-order valence-corrected chi connectivity index (χ3v) is 3.05. The second kappa shape index (κ2) is 8.48. The van der Waals surface area contributed by atoms with Crippen molar-refractivity contribution in [2.45, 2.75) is 19.8 Å². The summed E-state index contributed by atoms with van der Waals surface area (Å²) >= 11 is 0. The van der Waals surface area contributed by atoms with Crippen molar-refractivity contribution >= 4 is 11.9 Å². The van der Waals surface area contributed by atoms with Gasteiger partial charge in [-0.2, -0.15) is 0 Å². The molecule has 0 spiro atoms. The first-order valence-corrected chi connectivity index (χ1v) is 6.53. The lowest BCUT2D eigenvalue weighted by atomic mass is 10.00. The summed E-state index contributed by atoms with van der Waals surface area (Å²) in [6, 6.07) is 7.61. The van der Waals surface area contributed by atoms with Gasteiger partial charge >= 0.3 is 0 Å². The average Bonchev–Trinajstić information content (AvgIpc) is 2.45. The average molecular weight is 262 g/mol. The van der Waals surface area contributed by atoms with Gasteiger partial charge in [0.15, 0.2) is 5.78 Å². The van der Waals surface area contributed by atoms with Crippen molar-refractivity contribution in [2.24, 2.45) is 5.92 Å². The van der Waals surface area contributed by atoms with Crippen molar-refractivity contribution in [1.82, 2.24) is 0 Å². The van der Waals surface area contributed by atoms with Crippen molar-refractivity contribution in [3.63, 3.8) is 0 Å². The molecule has 0 aromatic heterocycles. The van der Waals surface area contributed by atoms with Crippen LogP contribution in [0.5, 0.6) is 5.75 Å². The van der Waals surface area contributed by atoms with Gasteiger partial charge in [0, 0.05) is 20.1 Å². The van der Waals surface area contributed by atoms with Crippen LogP contribution in [-0.4, -0.2) is 26.6 Å². The maximum atomic E-state index is 11.8. The van der Waals surface area contributed by atoms with E-state index >= 15 is 0 Å². The molecule has 0 amide bonds. The van der Waals surface area contributed by atoms with E-state index in [1.807, 2.05) is 30.3 Å². The molecule has 1 aromatic carbocycles. The third kappa shape index (κ3) is 5.71. The monoisotopic (exact) mass is 262 g/mol. The first-order valence-electron chi connectivity index (χ1n) is 6.53. The lowest BCUT2D eigenvalue weighted by molar-refractivity contribution is -0.115. The van der Waals surface area contributed by atoms with Gasteiger partial charge in [-0.15, -0.1) is 0 Å². The Kier molecular flexibility index (Phi) is 6.90. The highest BCUT2D eigenvalue weighted by atomic mass is 16.5. The summed E-state index contributed by atoms with van der Waals surface area (Å²) in [6.45, 7) is 2.71. The van der Waals surface area contributed by atoms with Gasteiger partial charge in [-0.05, 0) is 29.7 Å². The van der Waals surface area contributed by atoms with E-state index < -0.39 is 0 Å². The summed E-state index contributed by atoms with van der Waals surface area (Å²) in [5.74, 6) is 1.26. The SMILES string of the molecule is CCC(COC)CC(=O)/C=C/c1ccc(OC)cc1. The van der Waals surface area contributed by atoms with E-state index in [1.165, 1.54) is 0 Å². The summed E-state index contributed by atoms with van der Waals surface area (Å²) in [7, 11) is 3.30. The molecule has 1 aromatic rings.